The SMILES string of the molecule is CC(CO)CN1CCN(c2cccc(Cl)c2)CC1. The second-order valence-electron chi connectivity index (χ2n) is 5.06. The van der Waals surface area contributed by atoms with Crippen LogP contribution in [0.3, 0.4) is 0 Å². The molecular formula is C14H21ClN2O. The van der Waals surface area contributed by atoms with E-state index >= 15 is 0 Å². The Hall–Kier alpha value is -0.770. The van der Waals surface area contributed by atoms with E-state index in [2.05, 4.69) is 22.8 Å². The van der Waals surface area contributed by atoms with Crippen LogP contribution in [0, 0.1) is 5.92 Å². The summed E-state index contributed by atoms with van der Waals surface area (Å²) in [6.07, 6.45) is 0. The molecule has 4 heteroatoms. The van der Waals surface area contributed by atoms with Crippen LogP contribution in [0.15, 0.2) is 24.3 Å². The van der Waals surface area contributed by atoms with Gasteiger partial charge in [-0.3, -0.25) is 4.90 Å². The molecule has 1 atom stereocenters. The van der Waals surface area contributed by atoms with Crippen LogP contribution in [0.5, 0.6) is 0 Å². The molecule has 1 aromatic rings. The first-order valence-corrected chi connectivity index (χ1v) is 6.90. The molecule has 1 saturated heterocycles. The quantitative estimate of drug-likeness (QED) is 0.906. The Morgan fingerprint density at radius 2 is 2.00 bits per heavy atom. The van der Waals surface area contributed by atoms with Gasteiger partial charge in [0.1, 0.15) is 0 Å². The molecule has 0 bridgehead atoms. The fourth-order valence-corrected chi connectivity index (χ4v) is 2.54. The van der Waals surface area contributed by atoms with Crippen LogP contribution in [-0.2, 0) is 0 Å². The molecule has 1 aliphatic heterocycles. The van der Waals surface area contributed by atoms with Gasteiger partial charge in [0.05, 0.1) is 0 Å². The normalized spacial score (nSPS) is 18.9. The average molecular weight is 269 g/mol. The third-order valence-electron chi connectivity index (χ3n) is 3.43. The average Bonchev–Trinajstić information content (AvgIpc) is 2.39. The van der Waals surface area contributed by atoms with Crippen molar-refractivity contribution in [2.45, 2.75) is 6.92 Å². The van der Waals surface area contributed by atoms with Gasteiger partial charge in [-0.2, -0.15) is 0 Å². The molecule has 1 fully saturated rings. The summed E-state index contributed by atoms with van der Waals surface area (Å²) in [6.45, 7) is 7.50. The molecule has 0 aromatic heterocycles. The maximum Gasteiger partial charge on any atom is 0.0468 e. The summed E-state index contributed by atoms with van der Waals surface area (Å²) in [5.74, 6) is 0.364. The van der Waals surface area contributed by atoms with Gasteiger partial charge in [-0.15, -0.1) is 0 Å². The Bertz CT molecular complexity index is 378. The summed E-state index contributed by atoms with van der Waals surface area (Å²) in [4.78, 5) is 4.79. The maximum atomic E-state index is 9.07. The summed E-state index contributed by atoms with van der Waals surface area (Å²) in [6, 6.07) is 8.04. The Balaban J connectivity index is 1.87. The molecule has 100 valence electrons. The number of benzene rings is 1. The molecular weight excluding hydrogens is 248 g/mol. The van der Waals surface area contributed by atoms with Gasteiger partial charge >= 0.3 is 0 Å². The molecule has 1 heterocycles. The van der Waals surface area contributed by atoms with Gasteiger partial charge in [-0.1, -0.05) is 24.6 Å². The topological polar surface area (TPSA) is 26.7 Å². The second kappa shape index (κ2) is 6.41. The lowest BCUT2D eigenvalue weighted by Gasteiger charge is -2.37. The lowest BCUT2D eigenvalue weighted by Crippen LogP contribution is -2.47. The van der Waals surface area contributed by atoms with E-state index in [1.807, 2.05) is 18.2 Å². The monoisotopic (exact) mass is 268 g/mol. The van der Waals surface area contributed by atoms with Crippen molar-refractivity contribution in [1.82, 2.24) is 4.90 Å². The van der Waals surface area contributed by atoms with Crippen LogP contribution in [0.1, 0.15) is 6.92 Å². The lowest BCUT2D eigenvalue weighted by molar-refractivity contribution is 0.167. The molecule has 0 amide bonds. The molecule has 18 heavy (non-hydrogen) atoms. The van der Waals surface area contributed by atoms with Gasteiger partial charge in [-0.25, -0.2) is 0 Å². The van der Waals surface area contributed by atoms with Crippen LogP contribution < -0.4 is 4.90 Å². The standard InChI is InChI=1S/C14H21ClN2O/c1-12(11-18)10-16-5-7-17(8-6-16)14-4-2-3-13(15)9-14/h2-4,9,12,18H,5-8,10-11H2,1H3. The minimum Gasteiger partial charge on any atom is -0.396 e. The Labute approximate surface area is 114 Å². The van der Waals surface area contributed by atoms with Crippen molar-refractivity contribution in [3.8, 4) is 0 Å². The van der Waals surface area contributed by atoms with Crippen LogP contribution >= 0.6 is 11.6 Å². The van der Waals surface area contributed by atoms with Crippen molar-refractivity contribution in [1.29, 1.82) is 0 Å². The highest BCUT2D eigenvalue weighted by Gasteiger charge is 2.18. The highest BCUT2D eigenvalue weighted by molar-refractivity contribution is 6.30. The smallest absolute Gasteiger partial charge is 0.0468 e. The fraction of sp³-hybridized carbons (Fsp3) is 0.571. The van der Waals surface area contributed by atoms with Crippen molar-refractivity contribution in [3.63, 3.8) is 0 Å². The van der Waals surface area contributed by atoms with Crippen LogP contribution in [0.4, 0.5) is 5.69 Å². The predicted octanol–water partition coefficient (Wildman–Crippen LogP) is 2.09. The Morgan fingerprint density at radius 3 is 2.61 bits per heavy atom. The van der Waals surface area contributed by atoms with E-state index in [0.29, 0.717) is 5.92 Å². The van der Waals surface area contributed by atoms with Crippen molar-refractivity contribution >= 4 is 17.3 Å². The van der Waals surface area contributed by atoms with Crippen molar-refractivity contribution < 1.29 is 5.11 Å². The molecule has 1 aromatic carbocycles. The van der Waals surface area contributed by atoms with Gasteiger partial charge in [0.25, 0.3) is 0 Å². The largest absolute Gasteiger partial charge is 0.396 e. The summed E-state index contributed by atoms with van der Waals surface area (Å²) >= 11 is 6.02. The molecule has 0 saturated carbocycles. The molecule has 3 nitrogen and oxygen atoms in total. The van der Waals surface area contributed by atoms with Crippen molar-refractivity contribution in [2.24, 2.45) is 5.92 Å². The molecule has 0 radical (unpaired) electrons. The number of aliphatic hydroxyl groups is 1. The van der Waals surface area contributed by atoms with Crippen LogP contribution in [0.2, 0.25) is 5.02 Å². The molecule has 1 unspecified atom stereocenters. The van der Waals surface area contributed by atoms with Crippen molar-refractivity contribution in [3.05, 3.63) is 29.3 Å². The third-order valence-corrected chi connectivity index (χ3v) is 3.66. The number of hydrogen-bond acceptors (Lipinski definition) is 3. The summed E-state index contributed by atoms with van der Waals surface area (Å²) in [5, 5.41) is 9.87. The van der Waals surface area contributed by atoms with E-state index in [9.17, 15) is 0 Å². The zero-order valence-electron chi connectivity index (χ0n) is 10.8. The van der Waals surface area contributed by atoms with Crippen molar-refractivity contribution in [2.75, 3.05) is 44.2 Å². The molecule has 0 spiro atoms. The minimum absolute atomic E-state index is 0.272. The molecule has 0 aliphatic carbocycles. The first-order chi connectivity index (χ1) is 8.69. The van der Waals surface area contributed by atoms with E-state index in [1.165, 1.54) is 5.69 Å². The number of halogens is 1. The fourth-order valence-electron chi connectivity index (χ4n) is 2.36. The number of piperazine rings is 1. The number of hydrogen-bond donors (Lipinski definition) is 1. The first-order valence-electron chi connectivity index (χ1n) is 6.53. The van der Waals surface area contributed by atoms with Gasteiger partial charge in [0, 0.05) is 50.0 Å². The second-order valence-corrected chi connectivity index (χ2v) is 5.49. The van der Waals surface area contributed by atoms with E-state index in [-0.39, 0.29) is 6.61 Å². The van der Waals surface area contributed by atoms with E-state index in [1.54, 1.807) is 0 Å². The summed E-state index contributed by atoms with van der Waals surface area (Å²) < 4.78 is 0. The van der Waals surface area contributed by atoms with E-state index in [4.69, 9.17) is 16.7 Å². The highest BCUT2D eigenvalue weighted by atomic mass is 35.5. The molecule has 1 aliphatic rings. The van der Waals surface area contributed by atoms with Gasteiger partial charge < -0.3 is 10.0 Å². The van der Waals surface area contributed by atoms with Gasteiger partial charge in [0.2, 0.25) is 0 Å². The third kappa shape index (κ3) is 3.61. The number of rotatable bonds is 4. The number of nitrogens with zero attached hydrogens (tertiary/aromatic N) is 2. The summed E-state index contributed by atoms with van der Waals surface area (Å²) in [7, 11) is 0. The number of aliphatic hydroxyl groups excluding tert-OH is 1. The predicted molar refractivity (Wildman–Crippen MR) is 76.4 cm³/mol. The zero-order chi connectivity index (χ0) is 13.0. The van der Waals surface area contributed by atoms with E-state index in [0.717, 1.165) is 37.7 Å². The zero-order valence-corrected chi connectivity index (χ0v) is 11.6. The molecule has 1 N–H and O–H groups in total. The summed E-state index contributed by atoms with van der Waals surface area (Å²) in [5.41, 5.74) is 1.21. The van der Waals surface area contributed by atoms with Gasteiger partial charge in [0.15, 0.2) is 0 Å². The van der Waals surface area contributed by atoms with Crippen LogP contribution in [0.25, 0.3) is 0 Å². The Morgan fingerprint density at radius 1 is 1.28 bits per heavy atom. The van der Waals surface area contributed by atoms with Crippen LogP contribution in [-0.4, -0.2) is 49.3 Å². The van der Waals surface area contributed by atoms with Gasteiger partial charge in [-0.05, 0) is 24.1 Å². The number of anilines is 1. The minimum atomic E-state index is 0.272. The van der Waals surface area contributed by atoms with E-state index < -0.39 is 0 Å². The maximum absolute atomic E-state index is 9.07. The molecule has 2 rings (SSSR count). The highest BCUT2D eigenvalue weighted by Crippen LogP contribution is 2.20. The lowest BCUT2D eigenvalue weighted by atomic mass is 10.1. The first kappa shape index (κ1) is 13.7. The Kier molecular flexibility index (Phi) is 4.87.